The van der Waals surface area contributed by atoms with Crippen molar-refractivity contribution in [2.24, 2.45) is 0 Å². The van der Waals surface area contributed by atoms with E-state index in [1.165, 1.54) is 10.4 Å². The van der Waals surface area contributed by atoms with Gasteiger partial charge >= 0.3 is 0 Å². The van der Waals surface area contributed by atoms with Crippen molar-refractivity contribution in [1.82, 2.24) is 25.4 Å². The molecule has 2 aliphatic heterocycles. The van der Waals surface area contributed by atoms with Crippen molar-refractivity contribution in [3.63, 3.8) is 0 Å². The summed E-state index contributed by atoms with van der Waals surface area (Å²) >= 11 is 1.74. The minimum absolute atomic E-state index is 0.0524. The van der Waals surface area contributed by atoms with E-state index in [9.17, 15) is 0 Å². The molecule has 1 saturated heterocycles. The third-order valence-electron chi connectivity index (χ3n) is 4.61. The van der Waals surface area contributed by atoms with Gasteiger partial charge in [0.15, 0.2) is 5.82 Å². The zero-order valence-corrected chi connectivity index (χ0v) is 14.4. The number of ether oxygens (including phenoxy) is 1. The third kappa shape index (κ3) is 2.78. The number of hydrogen-bond acceptors (Lipinski definition) is 9. The molecule has 3 aromatic rings. The molecule has 2 aliphatic rings. The summed E-state index contributed by atoms with van der Waals surface area (Å²) in [4.78, 5) is 15.7. The lowest BCUT2D eigenvalue weighted by atomic mass is 10.1. The molecule has 1 unspecified atom stereocenters. The van der Waals surface area contributed by atoms with E-state index in [0.29, 0.717) is 18.3 Å². The van der Waals surface area contributed by atoms with Gasteiger partial charge in [0.25, 0.3) is 5.89 Å². The first-order valence-corrected chi connectivity index (χ1v) is 9.34. The van der Waals surface area contributed by atoms with Crippen molar-refractivity contribution in [2.75, 3.05) is 18.5 Å². The van der Waals surface area contributed by atoms with Gasteiger partial charge in [-0.05, 0) is 31.4 Å². The van der Waals surface area contributed by atoms with Gasteiger partial charge in [-0.2, -0.15) is 4.98 Å². The summed E-state index contributed by atoms with van der Waals surface area (Å²) in [5.74, 6) is 2.03. The van der Waals surface area contributed by atoms with E-state index in [0.717, 1.165) is 55.0 Å². The maximum atomic E-state index is 5.58. The number of thiophene rings is 1. The van der Waals surface area contributed by atoms with Crippen molar-refractivity contribution in [3.8, 4) is 0 Å². The summed E-state index contributed by atoms with van der Waals surface area (Å²) in [7, 11) is 0. The van der Waals surface area contributed by atoms with E-state index in [4.69, 9.17) is 9.26 Å². The lowest BCUT2D eigenvalue weighted by Gasteiger charge is -2.13. The fourth-order valence-electron chi connectivity index (χ4n) is 3.40. The highest BCUT2D eigenvalue weighted by Gasteiger charge is 2.24. The monoisotopic (exact) mass is 358 g/mol. The molecule has 130 valence electrons. The van der Waals surface area contributed by atoms with E-state index in [1.807, 2.05) is 0 Å². The van der Waals surface area contributed by atoms with Gasteiger partial charge in [0.1, 0.15) is 23.1 Å². The average molecular weight is 358 g/mol. The fraction of sp³-hybridized carbons (Fsp3) is 0.500. The Balaban J connectivity index is 1.38. The summed E-state index contributed by atoms with van der Waals surface area (Å²) in [5.41, 5.74) is 1.36. The minimum atomic E-state index is -0.0524. The van der Waals surface area contributed by atoms with Gasteiger partial charge in [0, 0.05) is 18.0 Å². The predicted molar refractivity (Wildman–Crippen MR) is 92.4 cm³/mol. The van der Waals surface area contributed by atoms with Crippen LogP contribution in [-0.4, -0.2) is 33.3 Å². The lowest BCUT2D eigenvalue weighted by molar-refractivity contribution is 0.0835. The van der Waals surface area contributed by atoms with Crippen molar-refractivity contribution in [2.45, 2.75) is 38.5 Å². The van der Waals surface area contributed by atoms with Crippen LogP contribution >= 0.6 is 11.3 Å². The molecule has 3 aromatic heterocycles. The highest BCUT2D eigenvalue weighted by molar-refractivity contribution is 7.18. The summed E-state index contributed by atoms with van der Waals surface area (Å²) < 4.78 is 10.9. The van der Waals surface area contributed by atoms with E-state index in [1.54, 1.807) is 17.7 Å². The van der Waals surface area contributed by atoms with Crippen molar-refractivity contribution < 1.29 is 9.26 Å². The van der Waals surface area contributed by atoms with E-state index >= 15 is 0 Å². The minimum Gasteiger partial charge on any atom is -0.368 e. The van der Waals surface area contributed by atoms with Crippen LogP contribution in [0.25, 0.3) is 10.2 Å². The number of rotatable bonds is 4. The Hall–Kier alpha value is -2.10. The second kappa shape index (κ2) is 6.32. The van der Waals surface area contributed by atoms with Gasteiger partial charge in [0.05, 0.1) is 11.9 Å². The van der Waals surface area contributed by atoms with Crippen LogP contribution in [0.15, 0.2) is 10.9 Å². The standard InChI is InChI=1S/C16H18N6O2S/c1-2-10(23-5-1)15-21-12(22-24-15)7-18-14-13-9-3-4-17-6-11(9)25-16(13)20-8-19-14/h8,10,17H,1-7H2,(H,18,19,20). The Bertz CT molecular complexity index is 901. The van der Waals surface area contributed by atoms with Crippen molar-refractivity contribution in [3.05, 3.63) is 28.5 Å². The highest BCUT2D eigenvalue weighted by atomic mass is 32.1. The van der Waals surface area contributed by atoms with Crippen LogP contribution in [0.4, 0.5) is 5.82 Å². The first kappa shape index (κ1) is 15.2. The maximum absolute atomic E-state index is 5.58. The van der Waals surface area contributed by atoms with Crippen LogP contribution in [-0.2, 0) is 24.2 Å². The second-order valence-electron chi connectivity index (χ2n) is 6.24. The van der Waals surface area contributed by atoms with E-state index in [2.05, 4.69) is 30.7 Å². The number of fused-ring (bicyclic) bond motifs is 3. The van der Waals surface area contributed by atoms with Gasteiger partial charge in [-0.1, -0.05) is 5.16 Å². The zero-order valence-electron chi connectivity index (χ0n) is 13.6. The Kier molecular flexibility index (Phi) is 3.84. The largest absolute Gasteiger partial charge is 0.368 e. The average Bonchev–Trinajstić information content (AvgIpc) is 3.37. The number of hydrogen-bond donors (Lipinski definition) is 2. The normalized spacial score (nSPS) is 20.1. The van der Waals surface area contributed by atoms with Crippen LogP contribution in [0.5, 0.6) is 0 Å². The van der Waals surface area contributed by atoms with Gasteiger partial charge in [-0.25, -0.2) is 9.97 Å². The smallest absolute Gasteiger partial charge is 0.255 e. The van der Waals surface area contributed by atoms with E-state index in [-0.39, 0.29) is 6.10 Å². The van der Waals surface area contributed by atoms with E-state index < -0.39 is 0 Å². The second-order valence-corrected chi connectivity index (χ2v) is 7.32. The molecule has 0 aliphatic carbocycles. The van der Waals surface area contributed by atoms with Crippen LogP contribution < -0.4 is 10.6 Å². The van der Waals surface area contributed by atoms with Crippen LogP contribution in [0, 0.1) is 0 Å². The van der Waals surface area contributed by atoms with Crippen LogP contribution in [0.1, 0.15) is 41.1 Å². The predicted octanol–water partition coefficient (Wildman–Crippen LogP) is 2.18. The molecule has 5 rings (SSSR count). The summed E-state index contributed by atoms with van der Waals surface area (Å²) in [5, 5.41) is 11.9. The molecule has 1 atom stereocenters. The molecule has 0 aromatic carbocycles. The Morgan fingerprint density at radius 1 is 1.36 bits per heavy atom. The molecule has 0 radical (unpaired) electrons. The van der Waals surface area contributed by atoms with Crippen molar-refractivity contribution in [1.29, 1.82) is 0 Å². The molecule has 1 fully saturated rings. The first-order chi connectivity index (χ1) is 12.4. The first-order valence-electron chi connectivity index (χ1n) is 8.52. The molecule has 2 N–H and O–H groups in total. The quantitative estimate of drug-likeness (QED) is 0.732. The molecular weight excluding hydrogens is 340 g/mol. The molecule has 0 bridgehead atoms. The SMILES string of the molecule is c1nc(NCc2noc(C3CCCO3)n2)c2c3c(sc2n1)CNCC3. The van der Waals surface area contributed by atoms with Gasteiger partial charge < -0.3 is 19.9 Å². The molecule has 25 heavy (non-hydrogen) atoms. The zero-order chi connectivity index (χ0) is 16.6. The number of aromatic nitrogens is 4. The topological polar surface area (TPSA) is 98.0 Å². The van der Waals surface area contributed by atoms with Crippen LogP contribution in [0.2, 0.25) is 0 Å². The Morgan fingerprint density at radius 2 is 2.36 bits per heavy atom. The summed E-state index contributed by atoms with van der Waals surface area (Å²) in [6, 6.07) is 0. The number of anilines is 1. The third-order valence-corrected chi connectivity index (χ3v) is 5.75. The van der Waals surface area contributed by atoms with Gasteiger partial charge in [-0.15, -0.1) is 11.3 Å². The highest BCUT2D eigenvalue weighted by Crippen LogP contribution is 2.35. The Morgan fingerprint density at radius 3 is 3.28 bits per heavy atom. The molecule has 0 amide bonds. The molecule has 5 heterocycles. The molecule has 8 nitrogen and oxygen atoms in total. The number of nitrogens with zero attached hydrogens (tertiary/aromatic N) is 4. The Labute approximate surface area is 148 Å². The van der Waals surface area contributed by atoms with Crippen LogP contribution in [0.3, 0.4) is 0 Å². The maximum Gasteiger partial charge on any atom is 0.255 e. The summed E-state index contributed by atoms with van der Waals surface area (Å²) in [6.45, 7) is 3.12. The summed E-state index contributed by atoms with van der Waals surface area (Å²) in [6.07, 6.45) is 4.54. The molecule has 0 spiro atoms. The molecule has 9 heteroatoms. The fourth-order valence-corrected chi connectivity index (χ4v) is 4.56. The van der Waals surface area contributed by atoms with Gasteiger partial charge in [-0.3, -0.25) is 0 Å². The van der Waals surface area contributed by atoms with Crippen molar-refractivity contribution >= 4 is 27.4 Å². The molecule has 0 saturated carbocycles. The lowest BCUT2D eigenvalue weighted by Crippen LogP contribution is -2.22. The van der Waals surface area contributed by atoms with Gasteiger partial charge in [0.2, 0.25) is 0 Å². The molecular formula is C16H18N6O2S. The number of nitrogens with one attached hydrogen (secondary N) is 2.